The third-order valence-corrected chi connectivity index (χ3v) is 3.52. The Morgan fingerprint density at radius 3 is 2.57 bits per heavy atom. The number of halogens is 1. The Kier molecular flexibility index (Phi) is 5.91. The number of benzene rings is 1. The summed E-state index contributed by atoms with van der Waals surface area (Å²) >= 11 is 0. The van der Waals surface area contributed by atoms with Crippen molar-refractivity contribution >= 4 is 11.8 Å². The fourth-order valence-corrected chi connectivity index (χ4v) is 2.20. The maximum absolute atomic E-state index is 12.9. The van der Waals surface area contributed by atoms with Crippen LogP contribution in [0.4, 0.5) is 4.39 Å². The van der Waals surface area contributed by atoms with E-state index in [0.717, 1.165) is 11.3 Å². The van der Waals surface area contributed by atoms with Gasteiger partial charge in [0.05, 0.1) is 12.2 Å². The Balaban J connectivity index is 1.80. The number of carbonyl (C=O) groups is 2. The number of hydrogen-bond donors (Lipinski definition) is 2. The van der Waals surface area contributed by atoms with Crippen LogP contribution in [-0.4, -0.2) is 18.4 Å². The molecule has 0 aliphatic heterocycles. The lowest BCUT2D eigenvalue weighted by atomic mass is 9.98. The van der Waals surface area contributed by atoms with Crippen molar-refractivity contribution in [3.63, 3.8) is 0 Å². The Hall–Kier alpha value is -2.63. The lowest BCUT2D eigenvalue weighted by Crippen LogP contribution is -2.37. The lowest BCUT2D eigenvalue weighted by Gasteiger charge is -2.14. The van der Waals surface area contributed by atoms with E-state index in [9.17, 15) is 14.0 Å². The molecular weight excluding hydrogens is 299 g/mol. The molecule has 6 heteroatoms. The molecule has 1 heterocycles. The van der Waals surface area contributed by atoms with Crippen LogP contribution in [0.3, 0.4) is 0 Å². The minimum absolute atomic E-state index is 0.156. The molecule has 0 saturated carbocycles. The van der Waals surface area contributed by atoms with Crippen molar-refractivity contribution in [3.8, 4) is 0 Å². The molecule has 0 aliphatic rings. The van der Waals surface area contributed by atoms with E-state index in [0.29, 0.717) is 12.8 Å². The lowest BCUT2D eigenvalue weighted by molar-refractivity contribution is -0.123. The predicted molar refractivity (Wildman–Crippen MR) is 82.8 cm³/mol. The maximum atomic E-state index is 12.9. The van der Waals surface area contributed by atoms with Crippen LogP contribution in [0.15, 0.2) is 47.1 Å². The van der Waals surface area contributed by atoms with Crippen molar-refractivity contribution in [3.05, 3.63) is 59.8 Å². The summed E-state index contributed by atoms with van der Waals surface area (Å²) < 4.78 is 18.0. The molecule has 1 atom stereocenters. The monoisotopic (exact) mass is 318 g/mol. The molecule has 0 bridgehead atoms. The third-order valence-electron chi connectivity index (χ3n) is 3.52. The maximum Gasteiger partial charge on any atom is 0.222 e. The molecule has 0 fully saturated rings. The van der Waals surface area contributed by atoms with Crippen molar-refractivity contribution in [1.29, 1.82) is 0 Å². The number of furan rings is 1. The Morgan fingerprint density at radius 1 is 1.22 bits per heavy atom. The second-order valence-electron chi connectivity index (χ2n) is 5.31. The Morgan fingerprint density at radius 2 is 1.96 bits per heavy atom. The highest BCUT2D eigenvalue weighted by molar-refractivity contribution is 5.79. The first kappa shape index (κ1) is 16.7. The number of aryl methyl sites for hydroxylation is 1. The van der Waals surface area contributed by atoms with Gasteiger partial charge < -0.3 is 15.5 Å². The van der Waals surface area contributed by atoms with E-state index in [-0.39, 0.29) is 24.7 Å². The van der Waals surface area contributed by atoms with Gasteiger partial charge in [-0.15, -0.1) is 0 Å². The second-order valence-corrected chi connectivity index (χ2v) is 5.31. The van der Waals surface area contributed by atoms with Gasteiger partial charge in [-0.2, -0.15) is 0 Å². The number of carbonyl (C=O) groups excluding carboxylic acids is 2. The molecule has 1 aromatic heterocycles. The molecule has 5 nitrogen and oxygen atoms in total. The average molecular weight is 318 g/mol. The number of rotatable bonds is 8. The van der Waals surface area contributed by atoms with Gasteiger partial charge in [0.15, 0.2) is 0 Å². The second kappa shape index (κ2) is 8.12. The molecule has 23 heavy (non-hydrogen) atoms. The van der Waals surface area contributed by atoms with Crippen molar-refractivity contribution in [2.24, 2.45) is 11.7 Å². The van der Waals surface area contributed by atoms with Crippen LogP contribution in [-0.2, 0) is 22.4 Å². The van der Waals surface area contributed by atoms with Gasteiger partial charge in [-0.25, -0.2) is 4.39 Å². The van der Waals surface area contributed by atoms with Gasteiger partial charge >= 0.3 is 0 Å². The van der Waals surface area contributed by atoms with Crippen LogP contribution in [0.2, 0.25) is 0 Å². The summed E-state index contributed by atoms with van der Waals surface area (Å²) in [5.41, 5.74) is 6.16. The fraction of sp³-hybridized carbons (Fsp3) is 0.294. The summed E-state index contributed by atoms with van der Waals surface area (Å²) in [5, 5.41) is 2.70. The minimum atomic E-state index is -0.534. The average Bonchev–Trinajstić information content (AvgIpc) is 3.04. The highest BCUT2D eigenvalue weighted by atomic mass is 19.1. The van der Waals surface area contributed by atoms with Gasteiger partial charge in [0.1, 0.15) is 11.6 Å². The highest BCUT2D eigenvalue weighted by Gasteiger charge is 2.17. The number of primary amides is 1. The van der Waals surface area contributed by atoms with Gasteiger partial charge in [-0.05, 0) is 36.2 Å². The summed E-state index contributed by atoms with van der Waals surface area (Å²) in [6.45, 7) is 0.156. The zero-order valence-electron chi connectivity index (χ0n) is 12.6. The summed E-state index contributed by atoms with van der Waals surface area (Å²) in [5.74, 6) is -0.811. The van der Waals surface area contributed by atoms with Crippen LogP contribution in [0.5, 0.6) is 0 Å². The molecule has 122 valence electrons. The first-order chi connectivity index (χ1) is 11.0. The number of nitrogens with two attached hydrogens (primary N) is 1. The molecule has 2 amide bonds. The third kappa shape index (κ3) is 5.58. The SMILES string of the molecule is NC(=O)[C@H](CNC(=O)CCc1ccco1)Cc1ccc(F)cc1. The van der Waals surface area contributed by atoms with Gasteiger partial charge in [0.25, 0.3) is 0 Å². The normalized spacial score (nSPS) is 11.9. The zero-order chi connectivity index (χ0) is 16.7. The summed E-state index contributed by atoms with van der Waals surface area (Å²) in [4.78, 5) is 23.3. The van der Waals surface area contributed by atoms with E-state index < -0.39 is 11.8 Å². The molecule has 2 aromatic rings. The number of hydrogen-bond acceptors (Lipinski definition) is 3. The van der Waals surface area contributed by atoms with Crippen LogP contribution < -0.4 is 11.1 Å². The number of nitrogens with one attached hydrogen (secondary N) is 1. The minimum Gasteiger partial charge on any atom is -0.469 e. The van der Waals surface area contributed by atoms with Crippen LogP contribution >= 0.6 is 0 Å². The standard InChI is InChI=1S/C17H19FN2O3/c18-14-5-3-12(4-6-14)10-13(17(19)22)11-20-16(21)8-7-15-2-1-9-23-15/h1-6,9,13H,7-8,10-11H2,(H2,19,22)(H,20,21)/t13-/m0/s1. The molecule has 0 spiro atoms. The predicted octanol–water partition coefficient (Wildman–Crippen LogP) is 1.81. The molecule has 0 saturated heterocycles. The summed E-state index contributed by atoms with van der Waals surface area (Å²) in [6, 6.07) is 9.42. The number of amides is 2. The van der Waals surface area contributed by atoms with Gasteiger partial charge in [0, 0.05) is 19.4 Å². The van der Waals surface area contributed by atoms with Crippen molar-refractivity contribution in [1.82, 2.24) is 5.32 Å². The highest BCUT2D eigenvalue weighted by Crippen LogP contribution is 2.10. The largest absolute Gasteiger partial charge is 0.469 e. The van der Waals surface area contributed by atoms with E-state index in [2.05, 4.69) is 5.32 Å². The quantitative estimate of drug-likeness (QED) is 0.778. The summed E-state index contributed by atoms with van der Waals surface area (Å²) in [6.07, 6.45) is 2.68. The first-order valence-corrected chi connectivity index (χ1v) is 7.37. The van der Waals surface area contributed by atoms with Gasteiger partial charge in [-0.3, -0.25) is 9.59 Å². The molecule has 0 radical (unpaired) electrons. The van der Waals surface area contributed by atoms with E-state index in [1.807, 2.05) is 0 Å². The first-order valence-electron chi connectivity index (χ1n) is 7.37. The fourth-order valence-electron chi connectivity index (χ4n) is 2.20. The van der Waals surface area contributed by atoms with E-state index >= 15 is 0 Å². The smallest absolute Gasteiger partial charge is 0.222 e. The van der Waals surface area contributed by atoms with Crippen LogP contribution in [0.1, 0.15) is 17.7 Å². The Bertz CT molecular complexity index is 638. The topological polar surface area (TPSA) is 85.3 Å². The van der Waals surface area contributed by atoms with Crippen molar-refractivity contribution in [2.75, 3.05) is 6.54 Å². The molecule has 1 aromatic carbocycles. The molecular formula is C17H19FN2O3. The molecule has 2 rings (SSSR count). The van der Waals surface area contributed by atoms with E-state index in [1.54, 1.807) is 30.5 Å². The van der Waals surface area contributed by atoms with Crippen molar-refractivity contribution in [2.45, 2.75) is 19.3 Å². The molecule has 3 N–H and O–H groups in total. The van der Waals surface area contributed by atoms with Gasteiger partial charge in [0.2, 0.25) is 11.8 Å². The van der Waals surface area contributed by atoms with Gasteiger partial charge in [-0.1, -0.05) is 12.1 Å². The van der Waals surface area contributed by atoms with E-state index in [4.69, 9.17) is 10.2 Å². The van der Waals surface area contributed by atoms with E-state index in [1.165, 1.54) is 12.1 Å². The molecule has 0 unspecified atom stereocenters. The zero-order valence-corrected chi connectivity index (χ0v) is 12.6. The Labute approximate surface area is 133 Å². The van der Waals surface area contributed by atoms with Crippen LogP contribution in [0.25, 0.3) is 0 Å². The van der Waals surface area contributed by atoms with Crippen molar-refractivity contribution < 1.29 is 18.4 Å². The molecule has 0 aliphatic carbocycles. The van der Waals surface area contributed by atoms with Crippen LogP contribution in [0, 0.1) is 11.7 Å². The summed E-state index contributed by atoms with van der Waals surface area (Å²) in [7, 11) is 0.